The number of hydrogen-bond donors (Lipinski definition) is 2. The van der Waals surface area contributed by atoms with E-state index in [9.17, 15) is 4.79 Å². The van der Waals surface area contributed by atoms with E-state index in [1.165, 1.54) is 0 Å². The number of halogens is 2. The molecule has 112 valence electrons. The van der Waals surface area contributed by atoms with Gasteiger partial charge in [-0.25, -0.2) is 0 Å². The Kier molecular flexibility index (Phi) is 6.85. The van der Waals surface area contributed by atoms with Gasteiger partial charge in [0.15, 0.2) is 0 Å². The van der Waals surface area contributed by atoms with Crippen molar-refractivity contribution in [1.29, 1.82) is 0 Å². The molecule has 0 saturated carbocycles. The molecule has 3 nitrogen and oxygen atoms in total. The zero-order chi connectivity index (χ0) is 13.9. The van der Waals surface area contributed by atoms with E-state index in [0.29, 0.717) is 0 Å². The standard InChI is InChI=1S/C14H19BrN2OS.ClH/c1-14(2,13(18)17-11-7-8-16-9-11)19-12-5-3-10(15)4-6-12;/h3-6,11,16H,7-9H2,1-2H3,(H,17,18);1H. The number of benzene rings is 1. The van der Waals surface area contributed by atoms with Crippen LogP contribution < -0.4 is 10.6 Å². The molecule has 1 aromatic carbocycles. The fourth-order valence-corrected chi connectivity index (χ4v) is 3.26. The summed E-state index contributed by atoms with van der Waals surface area (Å²) in [6, 6.07) is 8.33. The van der Waals surface area contributed by atoms with E-state index >= 15 is 0 Å². The third kappa shape index (κ3) is 4.95. The summed E-state index contributed by atoms with van der Waals surface area (Å²) in [4.78, 5) is 13.4. The molecule has 0 radical (unpaired) electrons. The van der Waals surface area contributed by atoms with Gasteiger partial charge in [0.2, 0.25) is 5.91 Å². The van der Waals surface area contributed by atoms with Gasteiger partial charge in [-0.15, -0.1) is 24.2 Å². The summed E-state index contributed by atoms with van der Waals surface area (Å²) in [5, 5.41) is 6.38. The van der Waals surface area contributed by atoms with Gasteiger partial charge in [-0.3, -0.25) is 4.79 Å². The van der Waals surface area contributed by atoms with Gasteiger partial charge in [-0.1, -0.05) is 15.9 Å². The fourth-order valence-electron chi connectivity index (χ4n) is 1.98. The summed E-state index contributed by atoms with van der Waals surface area (Å²) in [6.07, 6.45) is 1.02. The second-order valence-electron chi connectivity index (χ2n) is 5.23. The van der Waals surface area contributed by atoms with Crippen LogP contribution in [-0.2, 0) is 4.79 Å². The summed E-state index contributed by atoms with van der Waals surface area (Å²) < 4.78 is 0.590. The van der Waals surface area contributed by atoms with Gasteiger partial charge in [0.25, 0.3) is 0 Å². The second kappa shape index (κ2) is 7.69. The van der Waals surface area contributed by atoms with Crippen LogP contribution >= 0.6 is 40.1 Å². The maximum atomic E-state index is 12.3. The van der Waals surface area contributed by atoms with Gasteiger partial charge < -0.3 is 10.6 Å². The first-order valence-corrected chi connectivity index (χ1v) is 8.04. The Bertz CT molecular complexity index is 447. The molecular weight excluding hydrogens is 360 g/mol. The Balaban J connectivity index is 0.00000200. The molecule has 1 fully saturated rings. The number of carbonyl (C=O) groups is 1. The van der Waals surface area contributed by atoms with Crippen molar-refractivity contribution in [1.82, 2.24) is 10.6 Å². The number of thioether (sulfide) groups is 1. The predicted octanol–water partition coefficient (Wildman–Crippen LogP) is 3.22. The van der Waals surface area contributed by atoms with Gasteiger partial charge in [0, 0.05) is 22.0 Å². The van der Waals surface area contributed by atoms with Crippen LogP contribution in [-0.4, -0.2) is 29.8 Å². The minimum absolute atomic E-state index is 0. The van der Waals surface area contributed by atoms with Gasteiger partial charge >= 0.3 is 0 Å². The summed E-state index contributed by atoms with van der Waals surface area (Å²) in [7, 11) is 0. The van der Waals surface area contributed by atoms with Crippen molar-refractivity contribution >= 4 is 46.0 Å². The van der Waals surface area contributed by atoms with Crippen LogP contribution in [0, 0.1) is 0 Å². The molecule has 0 bridgehead atoms. The first-order chi connectivity index (χ1) is 8.97. The van der Waals surface area contributed by atoms with Crippen LogP contribution in [0.4, 0.5) is 0 Å². The number of amides is 1. The molecule has 1 unspecified atom stereocenters. The number of nitrogens with one attached hydrogen (secondary N) is 2. The molecule has 1 saturated heterocycles. The third-order valence-electron chi connectivity index (χ3n) is 3.13. The molecule has 6 heteroatoms. The summed E-state index contributed by atoms with van der Waals surface area (Å²) in [6.45, 7) is 5.81. The minimum Gasteiger partial charge on any atom is -0.351 e. The molecule has 1 amide bonds. The molecule has 1 aliphatic heterocycles. The molecule has 2 rings (SSSR count). The third-order valence-corrected chi connectivity index (χ3v) is 4.86. The Hall–Kier alpha value is -0.230. The largest absolute Gasteiger partial charge is 0.351 e. The lowest BCUT2D eigenvalue weighted by Crippen LogP contribution is -2.45. The lowest BCUT2D eigenvalue weighted by atomic mass is 10.1. The van der Waals surface area contributed by atoms with Crippen LogP contribution in [0.5, 0.6) is 0 Å². The predicted molar refractivity (Wildman–Crippen MR) is 90.7 cm³/mol. The van der Waals surface area contributed by atoms with E-state index in [-0.39, 0.29) is 24.4 Å². The van der Waals surface area contributed by atoms with Crippen LogP contribution in [0.15, 0.2) is 33.6 Å². The van der Waals surface area contributed by atoms with Crippen molar-refractivity contribution < 1.29 is 4.79 Å². The van der Waals surface area contributed by atoms with Crippen LogP contribution in [0.25, 0.3) is 0 Å². The lowest BCUT2D eigenvalue weighted by molar-refractivity contribution is -0.123. The highest BCUT2D eigenvalue weighted by molar-refractivity contribution is 9.10. The van der Waals surface area contributed by atoms with Crippen LogP contribution in [0.1, 0.15) is 20.3 Å². The summed E-state index contributed by atoms with van der Waals surface area (Å²) >= 11 is 5.01. The molecule has 0 aliphatic carbocycles. The average molecular weight is 380 g/mol. The smallest absolute Gasteiger partial charge is 0.236 e. The lowest BCUT2D eigenvalue weighted by Gasteiger charge is -2.25. The number of rotatable bonds is 4. The fraction of sp³-hybridized carbons (Fsp3) is 0.500. The maximum Gasteiger partial charge on any atom is 0.236 e. The highest BCUT2D eigenvalue weighted by atomic mass is 79.9. The van der Waals surface area contributed by atoms with Crippen molar-refractivity contribution in [2.24, 2.45) is 0 Å². The quantitative estimate of drug-likeness (QED) is 0.789. The molecule has 0 spiro atoms. The summed E-state index contributed by atoms with van der Waals surface area (Å²) in [5.41, 5.74) is 0. The van der Waals surface area contributed by atoms with E-state index in [1.807, 2.05) is 38.1 Å². The van der Waals surface area contributed by atoms with E-state index in [0.717, 1.165) is 28.9 Å². The van der Waals surface area contributed by atoms with Gasteiger partial charge in [0.05, 0.1) is 4.75 Å². The molecule has 1 aromatic rings. The van der Waals surface area contributed by atoms with E-state index in [2.05, 4.69) is 26.6 Å². The van der Waals surface area contributed by atoms with Crippen LogP contribution in [0.3, 0.4) is 0 Å². The summed E-state index contributed by atoms with van der Waals surface area (Å²) in [5.74, 6) is 0.106. The Morgan fingerprint density at radius 2 is 2.05 bits per heavy atom. The maximum absolute atomic E-state index is 12.3. The normalized spacial score (nSPS) is 18.4. The zero-order valence-corrected chi connectivity index (χ0v) is 14.8. The molecule has 1 aliphatic rings. The molecule has 1 heterocycles. The molecule has 2 N–H and O–H groups in total. The number of hydrogen-bond acceptors (Lipinski definition) is 3. The molecular formula is C14H20BrClN2OS. The van der Waals surface area contributed by atoms with Crippen molar-refractivity contribution in [3.05, 3.63) is 28.7 Å². The van der Waals surface area contributed by atoms with Crippen molar-refractivity contribution in [2.45, 2.75) is 36.0 Å². The van der Waals surface area contributed by atoms with Crippen molar-refractivity contribution in [2.75, 3.05) is 13.1 Å². The Morgan fingerprint density at radius 3 is 2.60 bits per heavy atom. The highest BCUT2D eigenvalue weighted by Gasteiger charge is 2.31. The molecule has 1 atom stereocenters. The Morgan fingerprint density at radius 1 is 1.40 bits per heavy atom. The minimum atomic E-state index is -0.462. The average Bonchev–Trinajstić information content (AvgIpc) is 2.84. The SMILES string of the molecule is CC(C)(Sc1ccc(Br)cc1)C(=O)NC1CCNC1.Cl. The zero-order valence-electron chi connectivity index (χ0n) is 11.6. The molecule has 0 aromatic heterocycles. The topological polar surface area (TPSA) is 41.1 Å². The van der Waals surface area contributed by atoms with Crippen molar-refractivity contribution in [3.8, 4) is 0 Å². The van der Waals surface area contributed by atoms with Gasteiger partial charge in [-0.2, -0.15) is 0 Å². The number of carbonyl (C=O) groups excluding carboxylic acids is 1. The Labute approximate surface area is 139 Å². The van der Waals surface area contributed by atoms with E-state index in [4.69, 9.17) is 0 Å². The first-order valence-electron chi connectivity index (χ1n) is 6.44. The van der Waals surface area contributed by atoms with Crippen LogP contribution in [0.2, 0.25) is 0 Å². The van der Waals surface area contributed by atoms with Crippen molar-refractivity contribution in [3.63, 3.8) is 0 Å². The van der Waals surface area contributed by atoms with E-state index < -0.39 is 4.75 Å². The highest BCUT2D eigenvalue weighted by Crippen LogP contribution is 2.33. The van der Waals surface area contributed by atoms with Gasteiger partial charge in [-0.05, 0) is 51.1 Å². The monoisotopic (exact) mass is 378 g/mol. The van der Waals surface area contributed by atoms with E-state index in [1.54, 1.807) is 11.8 Å². The molecule has 20 heavy (non-hydrogen) atoms. The first kappa shape index (κ1) is 17.8. The van der Waals surface area contributed by atoms with Gasteiger partial charge in [0.1, 0.15) is 0 Å². The second-order valence-corrected chi connectivity index (χ2v) is 7.84.